The van der Waals surface area contributed by atoms with E-state index in [4.69, 9.17) is 0 Å². The third kappa shape index (κ3) is 36.0. The smallest absolute Gasteiger partial charge is 0 e. The van der Waals surface area contributed by atoms with Gasteiger partial charge < -0.3 is 48.0 Å². The zero-order valence-electron chi connectivity index (χ0n) is 36.8. The Morgan fingerprint density at radius 1 is 0.327 bits per heavy atom. The summed E-state index contributed by atoms with van der Waals surface area (Å²) in [6, 6.07) is 20.5. The zero-order valence-corrected chi connectivity index (χ0v) is 48.0. The number of hydrogen-bond donors (Lipinski definition) is 0. The van der Waals surface area contributed by atoms with Gasteiger partial charge in [-0.05, 0) is 96.6 Å². The minimum atomic E-state index is 0. The van der Waals surface area contributed by atoms with Crippen LogP contribution in [0.15, 0.2) is 60.7 Å². The predicted octanol–water partition coefficient (Wildman–Crippen LogP) is 9.94. The number of rotatable bonds is 16. The quantitative estimate of drug-likeness (QED) is 0.0893. The van der Waals surface area contributed by atoms with Gasteiger partial charge in [-0.3, -0.25) is 0 Å². The van der Waals surface area contributed by atoms with Gasteiger partial charge in [0.25, 0.3) is 0 Å². The maximum absolute atomic E-state index is 2.42. The largest absolute Gasteiger partial charge is 1.00 e. The van der Waals surface area contributed by atoms with Crippen LogP contribution >= 0.6 is 31.7 Å². The summed E-state index contributed by atoms with van der Waals surface area (Å²) in [6.07, 6.45) is 8.96. The van der Waals surface area contributed by atoms with E-state index in [9.17, 15) is 0 Å². The van der Waals surface area contributed by atoms with Crippen molar-refractivity contribution in [2.75, 3.05) is 24.6 Å². The minimum Gasteiger partial charge on any atom is -1.00 e. The van der Waals surface area contributed by atoms with Crippen LogP contribution in [-0.4, -0.2) is 69.9 Å². The molecule has 2 radical (unpaired) electrons. The molecule has 0 aliphatic rings. The molecular formula is C44H84I2P4Rh2-2. The van der Waals surface area contributed by atoms with E-state index in [1.54, 1.807) is 0 Å². The second kappa shape index (κ2) is 40.6. The second-order valence-electron chi connectivity index (χ2n) is 15.7. The third-order valence-electron chi connectivity index (χ3n) is 8.85. The Labute approximate surface area is 393 Å². The standard InChI is InChI=1S/2C15H34P2.2C7H8.2HI.2Rh/c2*1-12(2)16(13(3)4)10-9-11-17(14(5)6)15(7)8;2*1-7-5-3-2-4-6-7;;;;/h2*12-15H,9-11H2,1-8H3;2*2-6H,1H3;2*1H;;/p-2. The Morgan fingerprint density at radius 2 is 0.481 bits per heavy atom. The number of halogens is 2. The van der Waals surface area contributed by atoms with Crippen LogP contribution in [0.3, 0.4) is 0 Å². The van der Waals surface area contributed by atoms with Gasteiger partial charge in [-0.25, -0.2) is 0 Å². The molecular weight excluding hydrogens is 1110 g/mol. The first-order valence-electron chi connectivity index (χ1n) is 19.4. The molecule has 2 aromatic rings. The molecule has 0 aliphatic carbocycles. The van der Waals surface area contributed by atoms with Gasteiger partial charge in [-0.1, -0.05) is 183 Å². The average Bonchev–Trinajstić information content (AvgIpc) is 2.97. The van der Waals surface area contributed by atoms with Crippen molar-refractivity contribution in [1.82, 2.24) is 0 Å². The van der Waals surface area contributed by atoms with E-state index in [-0.39, 0.29) is 119 Å². The maximum atomic E-state index is 2.42. The first kappa shape index (κ1) is 66.7. The minimum absolute atomic E-state index is 0. The third-order valence-corrected chi connectivity index (χ3v) is 22.8. The summed E-state index contributed by atoms with van der Waals surface area (Å²) >= 11 is 0. The Balaban J connectivity index is -0.000000141. The van der Waals surface area contributed by atoms with Crippen molar-refractivity contribution in [2.24, 2.45) is 0 Å². The van der Waals surface area contributed by atoms with Gasteiger partial charge >= 0.3 is 0 Å². The summed E-state index contributed by atoms with van der Waals surface area (Å²) < 4.78 is 0. The maximum Gasteiger partial charge on any atom is 0 e. The van der Waals surface area contributed by atoms with E-state index >= 15 is 0 Å². The van der Waals surface area contributed by atoms with Gasteiger partial charge in [0, 0.05) is 39.0 Å². The molecule has 0 saturated heterocycles. The van der Waals surface area contributed by atoms with Crippen molar-refractivity contribution in [2.45, 2.75) is 183 Å². The van der Waals surface area contributed by atoms with Crippen LogP contribution in [0, 0.1) is 13.8 Å². The van der Waals surface area contributed by atoms with Gasteiger partial charge in [0.1, 0.15) is 0 Å². The van der Waals surface area contributed by atoms with Crippen molar-refractivity contribution < 1.29 is 86.9 Å². The fraction of sp³-hybridized carbons (Fsp3) is 0.727. The monoisotopic (exact) mass is 1200 g/mol. The molecule has 52 heavy (non-hydrogen) atoms. The van der Waals surface area contributed by atoms with Crippen LogP contribution in [0.25, 0.3) is 0 Å². The first-order valence-corrected chi connectivity index (χ1v) is 26.1. The van der Waals surface area contributed by atoms with E-state index in [1.165, 1.54) is 48.6 Å². The molecule has 0 saturated carbocycles. The van der Waals surface area contributed by atoms with E-state index in [0.717, 1.165) is 45.3 Å². The Hall–Kier alpha value is 2.87. The molecule has 2 rings (SSSR count). The van der Waals surface area contributed by atoms with Crippen molar-refractivity contribution in [3.63, 3.8) is 0 Å². The summed E-state index contributed by atoms with van der Waals surface area (Å²) in [5.41, 5.74) is 9.93. The van der Waals surface area contributed by atoms with Crippen molar-refractivity contribution in [3.05, 3.63) is 71.8 Å². The summed E-state index contributed by atoms with van der Waals surface area (Å²) in [7, 11) is 1.05. The molecule has 2 aromatic carbocycles. The molecule has 0 aliphatic heterocycles. The van der Waals surface area contributed by atoms with Crippen molar-refractivity contribution >= 4 is 31.7 Å². The summed E-state index contributed by atoms with van der Waals surface area (Å²) in [5.74, 6) is 0. The molecule has 0 nitrogen and oxygen atoms in total. The molecule has 8 heteroatoms. The second-order valence-corrected chi connectivity index (χ2v) is 29.9. The summed E-state index contributed by atoms with van der Waals surface area (Å²) in [5, 5.41) is 0. The Morgan fingerprint density at radius 3 is 0.577 bits per heavy atom. The summed E-state index contributed by atoms with van der Waals surface area (Å²) in [4.78, 5) is 0. The van der Waals surface area contributed by atoms with Crippen LogP contribution in [-0.2, 0) is 39.0 Å². The normalized spacial score (nSPS) is 10.9. The van der Waals surface area contributed by atoms with Gasteiger partial charge in [0.15, 0.2) is 0 Å². The number of hydrogen-bond acceptors (Lipinski definition) is 0. The van der Waals surface area contributed by atoms with Crippen LogP contribution < -0.4 is 48.0 Å². The number of benzene rings is 2. The van der Waals surface area contributed by atoms with Gasteiger partial charge in [-0.15, -0.1) is 31.7 Å². The van der Waals surface area contributed by atoms with E-state index in [1.807, 2.05) is 36.4 Å². The van der Waals surface area contributed by atoms with Crippen molar-refractivity contribution in [3.8, 4) is 0 Å². The molecule has 0 amide bonds. The zero-order chi connectivity index (χ0) is 37.4. The van der Waals surface area contributed by atoms with E-state index in [2.05, 4.69) is 149 Å². The fourth-order valence-corrected chi connectivity index (χ4v) is 17.9. The number of aryl methyl sites for hydroxylation is 2. The molecule has 0 heterocycles. The van der Waals surface area contributed by atoms with Crippen LogP contribution in [0.5, 0.6) is 0 Å². The average molecular weight is 1200 g/mol. The molecule has 0 N–H and O–H groups in total. The Kier molecular flexibility index (Phi) is 52.1. The first-order chi connectivity index (χ1) is 22.3. The van der Waals surface area contributed by atoms with Crippen molar-refractivity contribution in [1.29, 1.82) is 0 Å². The van der Waals surface area contributed by atoms with Gasteiger partial charge in [0.2, 0.25) is 0 Å². The fourth-order valence-electron chi connectivity index (χ4n) is 6.39. The molecule has 0 unspecified atom stereocenters. The van der Waals surface area contributed by atoms with Gasteiger partial charge in [0.05, 0.1) is 0 Å². The van der Waals surface area contributed by atoms with Crippen LogP contribution in [0.4, 0.5) is 0 Å². The van der Waals surface area contributed by atoms with Crippen LogP contribution in [0.1, 0.15) is 135 Å². The van der Waals surface area contributed by atoms with Crippen LogP contribution in [0.2, 0.25) is 0 Å². The molecule has 0 spiro atoms. The Bertz CT molecular complexity index is 823. The molecule has 0 atom stereocenters. The predicted molar refractivity (Wildman–Crippen MR) is 240 cm³/mol. The SMILES string of the molecule is CC(C)P(CCCP(C(C)C)C(C)C)C(C)C.CC(C)P(CCCP(C(C)C)C(C)C)C(C)C.Cc1ccccc1.Cc1ccccc1.[I-].[I-].[Rh].[Rh]. The van der Waals surface area contributed by atoms with E-state index in [0.29, 0.717) is 0 Å². The summed E-state index contributed by atoms with van der Waals surface area (Å²) in [6.45, 7) is 42.8. The topological polar surface area (TPSA) is 0 Å². The molecule has 0 fully saturated rings. The van der Waals surface area contributed by atoms with E-state index < -0.39 is 0 Å². The molecule has 0 bridgehead atoms. The van der Waals surface area contributed by atoms with Gasteiger partial charge in [-0.2, -0.15) is 0 Å². The molecule has 0 aromatic heterocycles. The molecule has 314 valence electrons.